The zero-order valence-corrected chi connectivity index (χ0v) is 37.3. The largest absolute Gasteiger partial charge is 0.508 e. The van der Waals surface area contributed by atoms with E-state index in [0.717, 1.165) is 50.7 Å². The van der Waals surface area contributed by atoms with Crippen molar-refractivity contribution in [3.05, 3.63) is 24.3 Å². The van der Waals surface area contributed by atoms with Gasteiger partial charge in [-0.3, -0.25) is 24.0 Å². The fourth-order valence-electron chi connectivity index (χ4n) is 3.08. The number of ether oxygens (including phenoxy) is 4. The molecule has 0 bridgehead atoms. The smallest absolute Gasteiger partial charge is 0.433 e. The Kier molecular flexibility index (Phi) is 34.0. The highest BCUT2D eigenvalue weighted by molar-refractivity contribution is 5.82. The first-order chi connectivity index (χ1) is 26.7. The second-order valence-corrected chi connectivity index (χ2v) is 14.7. The summed E-state index contributed by atoms with van der Waals surface area (Å²) in [5, 5.41) is 23.5. The van der Waals surface area contributed by atoms with Crippen molar-refractivity contribution in [1.29, 1.82) is 0 Å². The normalized spacial score (nSPS) is 12.0. The van der Waals surface area contributed by atoms with Gasteiger partial charge in [0, 0.05) is 6.61 Å². The van der Waals surface area contributed by atoms with Crippen LogP contribution in [0.4, 0.5) is 4.79 Å². The number of benzene rings is 1. The zero-order chi connectivity index (χ0) is 44.5. The number of carbonyl (C=O) groups is 5. The van der Waals surface area contributed by atoms with Gasteiger partial charge in [-0.25, -0.2) is 4.79 Å². The summed E-state index contributed by atoms with van der Waals surface area (Å²) in [6.45, 7) is 26.2. The molecule has 14 nitrogen and oxygen atoms in total. The average molecular weight is 813 g/mol. The lowest BCUT2D eigenvalue weighted by molar-refractivity contribution is -0.154. The molecule has 0 saturated heterocycles. The summed E-state index contributed by atoms with van der Waals surface area (Å²) in [6, 6.07) is 6.11. The molecular weight excluding hydrogens is 736 g/mol. The molecule has 330 valence electrons. The molecule has 3 N–H and O–H groups in total. The van der Waals surface area contributed by atoms with Crippen LogP contribution < -0.4 is 10.1 Å². The van der Waals surface area contributed by atoms with Crippen LogP contribution >= 0.6 is 0 Å². The number of carbonyl (C=O) groups excluding carboxylic acids is 5. The monoisotopic (exact) mass is 813 g/mol. The standard InChI is InChI=1S/C13H24N2O4.C12H16O3.C9H18O3.C9H18O2/c1-6-10(3)15-19-12(17)14-8-9-18-11(16)13(4,5)7-2;1-4-12(2,3)11(14)15-10-7-5-9(13)6-8-10;1-3-8(2)9(11)12-7-5-4-6-10;1-4-6-7-11-9(10)8(3)5-2/h6-9H2,1-5H3,(H,14,17);5-8,13H,4H2,1-3H3;8,10H,3-7H2,1-2H3;8H,4-7H2,1-3H3/b15-10-;;;. The van der Waals surface area contributed by atoms with E-state index in [1.165, 1.54) is 12.1 Å². The summed E-state index contributed by atoms with van der Waals surface area (Å²) in [6.07, 6.45) is 6.68. The van der Waals surface area contributed by atoms with Crippen LogP contribution in [0.5, 0.6) is 11.5 Å². The van der Waals surface area contributed by atoms with E-state index >= 15 is 0 Å². The molecule has 0 radical (unpaired) electrons. The van der Waals surface area contributed by atoms with E-state index in [4.69, 9.17) is 29.2 Å². The predicted molar refractivity (Wildman–Crippen MR) is 223 cm³/mol. The van der Waals surface area contributed by atoms with Crippen molar-refractivity contribution in [3.8, 4) is 11.5 Å². The van der Waals surface area contributed by atoms with Crippen LogP contribution in [0, 0.1) is 22.7 Å². The molecule has 0 fully saturated rings. The molecule has 0 aliphatic rings. The number of oxime groups is 1. The number of aromatic hydroxyl groups is 1. The summed E-state index contributed by atoms with van der Waals surface area (Å²) in [5.74, 6) is -0.0352. The predicted octanol–water partition coefficient (Wildman–Crippen LogP) is 8.94. The number of unbranched alkanes of at least 4 members (excludes halogenated alkanes) is 2. The third kappa shape index (κ3) is 30.6. The maximum Gasteiger partial charge on any atom is 0.433 e. The molecule has 0 aliphatic carbocycles. The Morgan fingerprint density at radius 2 is 1.21 bits per heavy atom. The number of esters is 4. The Balaban J connectivity index is -0.000000698. The van der Waals surface area contributed by atoms with Crippen molar-refractivity contribution in [2.24, 2.45) is 27.8 Å². The molecule has 1 aromatic rings. The number of aliphatic hydroxyl groups is 1. The molecule has 0 aliphatic heterocycles. The second-order valence-electron chi connectivity index (χ2n) is 14.7. The number of nitrogens with one attached hydrogen (secondary N) is 1. The van der Waals surface area contributed by atoms with E-state index in [2.05, 4.69) is 22.2 Å². The van der Waals surface area contributed by atoms with Gasteiger partial charge in [0.2, 0.25) is 0 Å². The van der Waals surface area contributed by atoms with E-state index in [1.807, 2.05) is 76.2 Å². The van der Waals surface area contributed by atoms with Gasteiger partial charge in [0.25, 0.3) is 0 Å². The lowest BCUT2D eigenvalue weighted by Gasteiger charge is -2.20. The Morgan fingerprint density at radius 3 is 1.65 bits per heavy atom. The number of rotatable bonds is 21. The summed E-state index contributed by atoms with van der Waals surface area (Å²) in [7, 11) is 0. The van der Waals surface area contributed by atoms with Crippen LogP contribution in [-0.4, -0.2) is 78.9 Å². The molecule has 2 unspecified atom stereocenters. The quantitative estimate of drug-likeness (QED) is 0.0203. The van der Waals surface area contributed by atoms with Gasteiger partial charge in [-0.15, -0.1) is 0 Å². The van der Waals surface area contributed by atoms with E-state index < -0.39 is 16.9 Å². The Hall–Kier alpha value is -4.20. The van der Waals surface area contributed by atoms with Crippen LogP contribution in [0.15, 0.2) is 29.4 Å². The number of nitrogens with zero attached hydrogens (tertiary/aromatic N) is 1. The Labute approximate surface area is 342 Å². The summed E-state index contributed by atoms with van der Waals surface area (Å²) in [4.78, 5) is 61.1. The van der Waals surface area contributed by atoms with Gasteiger partial charge in [-0.05, 0) is 110 Å². The lowest BCUT2D eigenvalue weighted by atomic mass is 9.91. The summed E-state index contributed by atoms with van der Waals surface area (Å²) >= 11 is 0. The molecule has 14 heteroatoms. The zero-order valence-electron chi connectivity index (χ0n) is 37.3. The van der Waals surface area contributed by atoms with E-state index in [9.17, 15) is 24.0 Å². The lowest BCUT2D eigenvalue weighted by Crippen LogP contribution is -2.31. The Bertz CT molecular complexity index is 1280. The minimum absolute atomic E-state index is 0.000809. The third-order valence-corrected chi connectivity index (χ3v) is 8.89. The molecule has 0 saturated carbocycles. The number of phenols is 1. The number of hydrogen-bond donors (Lipinski definition) is 3. The summed E-state index contributed by atoms with van der Waals surface area (Å²) in [5.41, 5.74) is -0.243. The first kappa shape index (κ1) is 57.1. The Morgan fingerprint density at radius 1 is 0.719 bits per heavy atom. The van der Waals surface area contributed by atoms with Gasteiger partial charge in [0.1, 0.15) is 18.1 Å². The fourth-order valence-corrected chi connectivity index (χ4v) is 3.08. The fraction of sp³-hybridized carbons (Fsp3) is 0.721. The molecule has 1 amide bonds. The van der Waals surface area contributed by atoms with E-state index in [-0.39, 0.29) is 61.2 Å². The van der Waals surface area contributed by atoms with E-state index in [1.54, 1.807) is 19.1 Å². The van der Waals surface area contributed by atoms with Crippen LogP contribution in [0.3, 0.4) is 0 Å². The number of aliphatic hydroxyl groups excluding tert-OH is 1. The van der Waals surface area contributed by atoms with Crippen molar-refractivity contribution in [2.75, 3.05) is 33.0 Å². The van der Waals surface area contributed by atoms with Gasteiger partial charge in [0.15, 0.2) is 0 Å². The van der Waals surface area contributed by atoms with Gasteiger partial charge in [-0.2, -0.15) is 0 Å². The van der Waals surface area contributed by atoms with Crippen molar-refractivity contribution >= 4 is 35.7 Å². The second kappa shape index (κ2) is 33.9. The molecular formula is C43H76N2O12. The number of phenolic OH excluding ortho intramolecular Hbond substituents is 1. The van der Waals surface area contributed by atoms with Crippen molar-refractivity contribution in [3.63, 3.8) is 0 Å². The van der Waals surface area contributed by atoms with Crippen molar-refractivity contribution in [2.45, 2.75) is 148 Å². The molecule has 1 rings (SSSR count). The van der Waals surface area contributed by atoms with Gasteiger partial charge < -0.3 is 34.5 Å². The van der Waals surface area contributed by atoms with Crippen LogP contribution in [0.25, 0.3) is 0 Å². The highest BCUT2D eigenvalue weighted by atomic mass is 16.7. The SMILES string of the molecule is CC/C(C)=N\OC(=O)NCCOC(=O)C(C)(C)CC.CCC(C)(C)C(=O)Oc1ccc(O)cc1.CCC(C)C(=O)OCCCCO.CCCCOC(=O)C(C)CC. The number of hydrogen-bond acceptors (Lipinski definition) is 13. The third-order valence-electron chi connectivity index (χ3n) is 8.89. The van der Waals surface area contributed by atoms with Gasteiger partial charge in [0.05, 0.1) is 48.1 Å². The molecule has 0 aromatic heterocycles. The molecule has 2 atom stereocenters. The summed E-state index contributed by atoms with van der Waals surface area (Å²) < 4.78 is 20.2. The first-order valence-electron chi connectivity index (χ1n) is 20.3. The minimum Gasteiger partial charge on any atom is -0.508 e. The maximum atomic E-state index is 11.7. The van der Waals surface area contributed by atoms with Crippen molar-refractivity contribution < 1.29 is 58.0 Å². The van der Waals surface area contributed by atoms with Crippen LogP contribution in [0.2, 0.25) is 0 Å². The molecule has 0 heterocycles. The van der Waals surface area contributed by atoms with Crippen LogP contribution in [-0.2, 0) is 38.2 Å². The maximum absolute atomic E-state index is 11.7. The van der Waals surface area contributed by atoms with Crippen molar-refractivity contribution in [1.82, 2.24) is 5.32 Å². The van der Waals surface area contributed by atoms with Gasteiger partial charge >= 0.3 is 30.0 Å². The topological polar surface area (TPSA) is 196 Å². The highest BCUT2D eigenvalue weighted by Gasteiger charge is 2.28. The molecule has 57 heavy (non-hydrogen) atoms. The first-order valence-corrected chi connectivity index (χ1v) is 20.3. The van der Waals surface area contributed by atoms with Gasteiger partial charge in [-0.1, -0.05) is 67.0 Å². The molecule has 0 spiro atoms. The highest BCUT2D eigenvalue weighted by Crippen LogP contribution is 2.24. The molecule has 1 aromatic carbocycles. The minimum atomic E-state index is -0.654. The average Bonchev–Trinajstić information content (AvgIpc) is 3.20. The van der Waals surface area contributed by atoms with Crippen LogP contribution in [0.1, 0.15) is 148 Å². The van der Waals surface area contributed by atoms with E-state index in [0.29, 0.717) is 31.8 Å². The number of amides is 1.